The van der Waals surface area contributed by atoms with E-state index >= 15 is 0 Å². The van der Waals surface area contributed by atoms with Crippen LogP contribution < -0.4 is 25.4 Å². The van der Waals surface area contributed by atoms with E-state index in [1.54, 1.807) is 48.5 Å². The van der Waals surface area contributed by atoms with Crippen LogP contribution in [0.1, 0.15) is 29.2 Å². The quantitative estimate of drug-likeness (QED) is 0.144. The molecule has 4 aromatic rings. The highest BCUT2D eigenvalue weighted by Gasteiger charge is 2.42. The topological polar surface area (TPSA) is 151 Å². The Labute approximate surface area is 307 Å². The smallest absolute Gasteiger partial charge is 0.242 e. The van der Waals surface area contributed by atoms with Crippen LogP contribution in [0.2, 0.25) is 10.0 Å². The minimum Gasteiger partial charge on any atom is -0.497 e. The first kappa shape index (κ1) is 37.6. The standard InChI is InChI=1S/C37H39Cl2N5O6S/c1-50-32-9-5-8-30(21-32)44(31-23-43(24-31)36(26-10-14-28(38)15-11-26)27-12-16-29(39)17-13-27)51(48,49)19-18-41-37(47)33(42-35(46)22-34(40)45)20-25-6-3-2-4-7-25/h2-17,21,31,33,36H,18-20,22-24H2,1H3,(H2,40,45)(H,41,47)(H,42,46). The first-order valence-electron chi connectivity index (χ1n) is 16.2. The zero-order chi connectivity index (χ0) is 36.5. The summed E-state index contributed by atoms with van der Waals surface area (Å²) in [6.07, 6.45) is -0.460. The predicted molar refractivity (Wildman–Crippen MR) is 198 cm³/mol. The molecule has 268 valence electrons. The van der Waals surface area contributed by atoms with Gasteiger partial charge in [-0.1, -0.05) is 83.9 Å². The van der Waals surface area contributed by atoms with Crippen LogP contribution in [-0.4, -0.2) is 75.6 Å². The third-order valence-electron chi connectivity index (χ3n) is 8.49. The van der Waals surface area contributed by atoms with Gasteiger partial charge in [-0.05, 0) is 53.1 Å². The summed E-state index contributed by atoms with van der Waals surface area (Å²) in [5, 5.41) is 6.43. The summed E-state index contributed by atoms with van der Waals surface area (Å²) in [6, 6.07) is 29.3. The van der Waals surface area contributed by atoms with Crippen molar-refractivity contribution in [3.05, 3.63) is 130 Å². The van der Waals surface area contributed by atoms with E-state index in [4.69, 9.17) is 33.7 Å². The number of carbonyl (C=O) groups excluding carboxylic acids is 3. The van der Waals surface area contributed by atoms with Crippen molar-refractivity contribution in [2.45, 2.75) is 31.0 Å². The molecule has 4 N–H and O–H groups in total. The van der Waals surface area contributed by atoms with Crippen LogP contribution in [0.25, 0.3) is 0 Å². The average Bonchev–Trinajstić information content (AvgIpc) is 3.08. The second kappa shape index (κ2) is 17.1. The minimum absolute atomic E-state index is 0.125. The highest BCUT2D eigenvalue weighted by molar-refractivity contribution is 7.92. The summed E-state index contributed by atoms with van der Waals surface area (Å²) in [7, 11) is -2.51. The lowest BCUT2D eigenvalue weighted by Crippen LogP contribution is -2.62. The van der Waals surface area contributed by atoms with Gasteiger partial charge in [0.05, 0.1) is 30.6 Å². The number of benzene rings is 4. The number of sulfonamides is 1. The summed E-state index contributed by atoms with van der Waals surface area (Å²) in [5.74, 6) is -2.06. The van der Waals surface area contributed by atoms with Crippen molar-refractivity contribution >= 4 is 56.6 Å². The monoisotopic (exact) mass is 751 g/mol. The van der Waals surface area contributed by atoms with Crippen LogP contribution in [0.4, 0.5) is 5.69 Å². The Hall–Kier alpha value is -4.62. The van der Waals surface area contributed by atoms with Crippen LogP contribution in [-0.2, 0) is 30.8 Å². The van der Waals surface area contributed by atoms with Crippen molar-refractivity contribution in [1.29, 1.82) is 0 Å². The molecule has 1 saturated heterocycles. The number of nitrogens with one attached hydrogen (secondary N) is 2. The van der Waals surface area contributed by atoms with Crippen LogP contribution in [0.15, 0.2) is 103 Å². The fourth-order valence-corrected chi connectivity index (χ4v) is 7.92. The molecule has 11 nitrogen and oxygen atoms in total. The molecular formula is C37H39Cl2N5O6S. The average molecular weight is 753 g/mol. The molecule has 14 heteroatoms. The van der Waals surface area contributed by atoms with Gasteiger partial charge in [0, 0.05) is 42.2 Å². The zero-order valence-electron chi connectivity index (χ0n) is 27.9. The van der Waals surface area contributed by atoms with Crippen LogP contribution in [0.3, 0.4) is 0 Å². The Morgan fingerprint density at radius 2 is 1.51 bits per heavy atom. The van der Waals surface area contributed by atoms with Crippen molar-refractivity contribution in [1.82, 2.24) is 15.5 Å². The van der Waals surface area contributed by atoms with Crippen molar-refractivity contribution in [3.63, 3.8) is 0 Å². The lowest BCUT2D eigenvalue weighted by atomic mass is 9.93. The second-order valence-electron chi connectivity index (χ2n) is 12.2. The number of hydrogen-bond donors (Lipinski definition) is 3. The van der Waals surface area contributed by atoms with Gasteiger partial charge in [-0.3, -0.25) is 23.6 Å². The summed E-state index contributed by atoms with van der Waals surface area (Å²) in [4.78, 5) is 39.2. The van der Waals surface area contributed by atoms with E-state index in [0.717, 1.165) is 16.7 Å². The molecule has 3 amide bonds. The number of primary amides is 1. The first-order valence-corrected chi connectivity index (χ1v) is 18.6. The molecule has 51 heavy (non-hydrogen) atoms. The normalized spacial score (nSPS) is 14.0. The molecule has 1 aliphatic rings. The van der Waals surface area contributed by atoms with E-state index in [0.29, 0.717) is 34.6 Å². The van der Waals surface area contributed by atoms with Crippen molar-refractivity contribution < 1.29 is 27.5 Å². The Morgan fingerprint density at radius 3 is 2.08 bits per heavy atom. The molecule has 0 spiro atoms. The number of nitrogens with zero attached hydrogens (tertiary/aromatic N) is 2. The molecule has 5 rings (SSSR count). The third kappa shape index (κ3) is 10.0. The SMILES string of the molecule is COc1cccc(N(C2CN(C(c3ccc(Cl)cc3)c3ccc(Cl)cc3)C2)S(=O)(=O)CCNC(=O)C(Cc2ccccc2)NC(=O)CC(N)=O)c1. The number of amides is 3. The van der Waals surface area contributed by atoms with Gasteiger partial charge in [-0.25, -0.2) is 8.42 Å². The number of halogens is 2. The van der Waals surface area contributed by atoms with E-state index in [1.165, 1.54) is 11.4 Å². The minimum atomic E-state index is -4.02. The van der Waals surface area contributed by atoms with E-state index in [2.05, 4.69) is 15.5 Å². The van der Waals surface area contributed by atoms with Gasteiger partial charge in [0.25, 0.3) is 0 Å². The number of carbonyl (C=O) groups is 3. The van der Waals surface area contributed by atoms with Gasteiger partial charge in [-0.2, -0.15) is 0 Å². The summed E-state index contributed by atoms with van der Waals surface area (Å²) < 4.78 is 35.1. The lowest BCUT2D eigenvalue weighted by molar-refractivity contribution is -0.132. The summed E-state index contributed by atoms with van der Waals surface area (Å²) in [6.45, 7) is 0.584. The first-order chi connectivity index (χ1) is 24.4. The second-order valence-corrected chi connectivity index (χ2v) is 15.0. The molecule has 0 aliphatic carbocycles. The van der Waals surface area contributed by atoms with Gasteiger partial charge in [0.2, 0.25) is 27.7 Å². The molecule has 1 atom stereocenters. The fraction of sp³-hybridized carbons (Fsp3) is 0.270. The van der Waals surface area contributed by atoms with Crippen LogP contribution in [0.5, 0.6) is 5.75 Å². The predicted octanol–water partition coefficient (Wildman–Crippen LogP) is 4.33. The van der Waals surface area contributed by atoms with Gasteiger partial charge < -0.3 is 21.1 Å². The number of likely N-dealkylation sites (tertiary alicyclic amines) is 1. The largest absolute Gasteiger partial charge is 0.497 e. The summed E-state index contributed by atoms with van der Waals surface area (Å²) >= 11 is 12.4. The molecule has 0 aromatic heterocycles. The number of methoxy groups -OCH3 is 1. The molecule has 0 radical (unpaired) electrons. The third-order valence-corrected chi connectivity index (χ3v) is 10.8. The van der Waals surface area contributed by atoms with E-state index in [1.807, 2.05) is 54.6 Å². The van der Waals surface area contributed by atoms with Gasteiger partial charge in [-0.15, -0.1) is 0 Å². The van der Waals surface area contributed by atoms with Crippen molar-refractivity contribution in [3.8, 4) is 5.75 Å². The summed E-state index contributed by atoms with van der Waals surface area (Å²) in [5.41, 5.74) is 8.34. The zero-order valence-corrected chi connectivity index (χ0v) is 30.2. The molecular weight excluding hydrogens is 713 g/mol. The van der Waals surface area contributed by atoms with E-state index in [-0.39, 0.29) is 19.0 Å². The van der Waals surface area contributed by atoms with Gasteiger partial charge in [0.15, 0.2) is 0 Å². The van der Waals surface area contributed by atoms with E-state index < -0.39 is 52.0 Å². The molecule has 4 aromatic carbocycles. The Kier molecular flexibility index (Phi) is 12.6. The maximum absolute atomic E-state index is 14.2. The molecule has 0 saturated carbocycles. The molecule has 1 fully saturated rings. The Bertz CT molecular complexity index is 1880. The molecule has 1 unspecified atom stereocenters. The van der Waals surface area contributed by atoms with Gasteiger partial charge in [0.1, 0.15) is 18.2 Å². The Balaban J connectivity index is 1.34. The number of hydrogen-bond acceptors (Lipinski definition) is 7. The number of nitrogens with two attached hydrogens (primary N) is 1. The maximum Gasteiger partial charge on any atom is 0.242 e. The number of ether oxygens (including phenoxy) is 1. The number of anilines is 1. The van der Waals surface area contributed by atoms with E-state index in [9.17, 15) is 22.8 Å². The van der Waals surface area contributed by atoms with Crippen molar-refractivity contribution in [2.75, 3.05) is 36.8 Å². The highest BCUT2D eigenvalue weighted by Crippen LogP contribution is 2.37. The number of rotatable bonds is 16. The fourth-order valence-electron chi connectivity index (χ4n) is 6.08. The van der Waals surface area contributed by atoms with Gasteiger partial charge >= 0.3 is 0 Å². The highest BCUT2D eigenvalue weighted by atomic mass is 35.5. The lowest BCUT2D eigenvalue weighted by Gasteiger charge is -2.49. The van der Waals surface area contributed by atoms with Crippen LogP contribution in [0, 0.1) is 0 Å². The van der Waals surface area contributed by atoms with Crippen molar-refractivity contribution in [2.24, 2.45) is 5.73 Å². The maximum atomic E-state index is 14.2. The molecule has 1 aliphatic heterocycles. The molecule has 1 heterocycles. The van der Waals surface area contributed by atoms with Crippen LogP contribution >= 0.6 is 23.2 Å². The molecule has 0 bridgehead atoms. The Morgan fingerprint density at radius 1 is 0.902 bits per heavy atom.